The molecule has 0 bridgehead atoms. The number of benzene rings is 4. The summed E-state index contributed by atoms with van der Waals surface area (Å²) in [7, 11) is -2.71. The van der Waals surface area contributed by atoms with Gasteiger partial charge in [-0.1, -0.05) is 124 Å². The van der Waals surface area contributed by atoms with E-state index < -0.39 is 28.4 Å². The number of nitrogen functional groups attached to an aromatic ring is 2. The largest absolute Gasteiger partial charge is 0.399 e. The number of ether oxygens (including phenoxy) is 4. The maximum absolute atomic E-state index is 10.6. The summed E-state index contributed by atoms with van der Waals surface area (Å²) in [6, 6.07) is 37.9. The monoisotopic (exact) mass is 820 g/mol. The van der Waals surface area contributed by atoms with Gasteiger partial charge in [0, 0.05) is 53.8 Å². The molecular weight excluding hydrogens is 757 g/mol. The van der Waals surface area contributed by atoms with E-state index >= 15 is 0 Å². The van der Waals surface area contributed by atoms with Crippen molar-refractivity contribution in [3.8, 4) is 6.19 Å². The average Bonchev–Trinajstić information content (AvgIpc) is 3.24. The van der Waals surface area contributed by atoms with Crippen molar-refractivity contribution in [2.75, 3.05) is 38.3 Å². The van der Waals surface area contributed by atoms with Crippen LogP contribution in [0.5, 0.6) is 0 Å². The number of aliphatic imine (C=N–C) groups is 1. The van der Waals surface area contributed by atoms with E-state index in [-0.39, 0.29) is 25.7 Å². The number of nitrogens with two attached hydrogens (primary N) is 2. The van der Waals surface area contributed by atoms with Gasteiger partial charge in [-0.05, 0) is 71.4 Å². The van der Waals surface area contributed by atoms with Gasteiger partial charge in [0.1, 0.15) is 25.8 Å². The van der Waals surface area contributed by atoms with Crippen molar-refractivity contribution >= 4 is 33.5 Å². The molecule has 4 aromatic rings. The summed E-state index contributed by atoms with van der Waals surface area (Å²) in [5, 5.41) is 10.6. The standard InChI is InChI=1S/C46H64N6O4Si2/c1-57(2,3)25-23-53-34-55-44-42(29-36-15-9-7-10-16-36)51(31-38-19-13-21-40(48)27-38)46(50-33-47)52(32-39-20-14-22-41(49)28-39)43(30-37-17-11-8-12-18-37)45(44)56-35-54-24-26-58(4,5)6/h7-22,27-28,42-45H,23-26,29-32,34-35,48-49H2,1-6H3/t42-,43-,44+,45+/m1/s1. The lowest BCUT2D eigenvalue weighted by Gasteiger charge is -2.39. The molecule has 4 aromatic carbocycles. The van der Waals surface area contributed by atoms with E-state index in [1.165, 1.54) is 0 Å². The molecule has 0 spiro atoms. The van der Waals surface area contributed by atoms with Crippen molar-refractivity contribution in [1.29, 1.82) is 5.26 Å². The second-order valence-corrected chi connectivity index (χ2v) is 29.0. The number of nitriles is 1. The van der Waals surface area contributed by atoms with Crippen LogP contribution in [0.2, 0.25) is 51.4 Å². The number of hydrogen-bond acceptors (Lipinski definition) is 8. The van der Waals surface area contributed by atoms with E-state index in [9.17, 15) is 5.26 Å². The van der Waals surface area contributed by atoms with Crippen LogP contribution in [-0.4, -0.2) is 83.0 Å². The molecule has 1 aliphatic rings. The SMILES string of the molecule is C[Si](C)(C)CCOCO[C@@H]1[C@@H](OCOCC[Si](C)(C)C)[C@@H](Cc2ccccc2)N(Cc2cccc(N)c2)C(=NC#N)N(Cc2cccc(N)c2)[C@@H]1Cc1ccccc1. The fraction of sp³-hybridized carbons (Fsp3) is 0.435. The highest BCUT2D eigenvalue weighted by molar-refractivity contribution is 6.76. The Morgan fingerprint density at radius 3 is 1.34 bits per heavy atom. The minimum Gasteiger partial charge on any atom is -0.399 e. The summed E-state index contributed by atoms with van der Waals surface area (Å²) in [6.45, 7) is 16.3. The molecule has 0 aliphatic carbocycles. The third-order valence-electron chi connectivity index (χ3n) is 10.4. The van der Waals surface area contributed by atoms with E-state index in [2.05, 4.69) is 116 Å². The lowest BCUT2D eigenvalue weighted by Crippen LogP contribution is -2.53. The first kappa shape index (κ1) is 44.6. The zero-order chi connectivity index (χ0) is 41.5. The number of rotatable bonds is 20. The molecule has 0 radical (unpaired) electrons. The summed E-state index contributed by atoms with van der Waals surface area (Å²) in [6.07, 6.45) is 2.24. The lowest BCUT2D eigenvalue weighted by molar-refractivity contribution is -0.188. The molecule has 5 rings (SSSR count). The van der Waals surface area contributed by atoms with Gasteiger partial charge in [-0.15, -0.1) is 4.99 Å². The molecule has 0 unspecified atom stereocenters. The fourth-order valence-corrected chi connectivity index (χ4v) is 8.80. The number of nitrogens with zero attached hydrogens (tertiary/aromatic N) is 4. The Morgan fingerprint density at radius 1 is 0.586 bits per heavy atom. The summed E-state index contributed by atoms with van der Waals surface area (Å²) < 4.78 is 26.7. The Kier molecular flexibility index (Phi) is 16.5. The van der Waals surface area contributed by atoms with Gasteiger partial charge in [0.2, 0.25) is 12.2 Å². The smallest absolute Gasteiger partial charge is 0.213 e. The summed E-state index contributed by atoms with van der Waals surface area (Å²) in [5.74, 6) is 0.521. The fourth-order valence-electron chi connectivity index (χ4n) is 7.28. The van der Waals surface area contributed by atoms with Crippen LogP contribution in [-0.2, 0) is 44.9 Å². The highest BCUT2D eigenvalue weighted by atomic mass is 28.3. The number of hydrogen-bond donors (Lipinski definition) is 2. The molecule has 1 aliphatic heterocycles. The van der Waals surface area contributed by atoms with Gasteiger partial charge in [0.15, 0.2) is 0 Å². The first-order valence-corrected chi connectivity index (χ1v) is 27.9. The third-order valence-corrected chi connectivity index (χ3v) is 13.8. The predicted octanol–water partition coefficient (Wildman–Crippen LogP) is 8.62. The number of anilines is 2. The van der Waals surface area contributed by atoms with E-state index in [0.29, 0.717) is 56.5 Å². The minimum atomic E-state index is -1.35. The van der Waals surface area contributed by atoms with E-state index in [4.69, 9.17) is 35.4 Å². The van der Waals surface area contributed by atoms with Crippen LogP contribution < -0.4 is 11.5 Å². The molecule has 310 valence electrons. The lowest BCUT2D eigenvalue weighted by atomic mass is 9.90. The second-order valence-electron chi connectivity index (χ2n) is 17.7. The molecule has 1 fully saturated rings. The van der Waals surface area contributed by atoms with Crippen molar-refractivity contribution in [2.24, 2.45) is 4.99 Å². The molecule has 10 nitrogen and oxygen atoms in total. The molecule has 0 amide bonds. The second kappa shape index (κ2) is 21.5. The van der Waals surface area contributed by atoms with Gasteiger partial charge < -0.3 is 40.2 Å². The summed E-state index contributed by atoms with van der Waals surface area (Å²) in [4.78, 5) is 9.16. The molecule has 58 heavy (non-hydrogen) atoms. The zero-order valence-electron chi connectivity index (χ0n) is 35.3. The molecule has 0 aromatic heterocycles. The Labute approximate surface area is 348 Å². The normalized spacial score (nSPS) is 18.8. The van der Waals surface area contributed by atoms with E-state index in [1.807, 2.05) is 48.5 Å². The first-order chi connectivity index (χ1) is 27.8. The molecule has 12 heteroatoms. The van der Waals surface area contributed by atoms with Gasteiger partial charge in [-0.3, -0.25) is 0 Å². The zero-order valence-corrected chi connectivity index (χ0v) is 37.3. The topological polar surface area (TPSA) is 132 Å². The van der Waals surface area contributed by atoms with Gasteiger partial charge in [-0.2, -0.15) is 5.26 Å². The third kappa shape index (κ3) is 14.1. The summed E-state index contributed by atoms with van der Waals surface area (Å²) in [5.41, 5.74) is 18.3. The quantitative estimate of drug-likeness (QED) is 0.0296. The molecule has 4 atom stereocenters. The van der Waals surface area contributed by atoms with Crippen LogP contribution in [0.3, 0.4) is 0 Å². The minimum absolute atomic E-state index is 0.0842. The van der Waals surface area contributed by atoms with Gasteiger partial charge in [0.25, 0.3) is 0 Å². The van der Waals surface area contributed by atoms with E-state index in [0.717, 1.165) is 34.3 Å². The molecule has 1 heterocycles. The van der Waals surface area contributed by atoms with Crippen LogP contribution >= 0.6 is 0 Å². The molecule has 0 saturated carbocycles. The van der Waals surface area contributed by atoms with Crippen LogP contribution in [0.15, 0.2) is 114 Å². The molecule has 1 saturated heterocycles. The maximum atomic E-state index is 10.6. The van der Waals surface area contributed by atoms with Crippen molar-refractivity contribution in [2.45, 2.75) is 102 Å². The van der Waals surface area contributed by atoms with Gasteiger partial charge in [0.05, 0.1) is 12.1 Å². The Balaban J connectivity index is 1.71. The summed E-state index contributed by atoms with van der Waals surface area (Å²) >= 11 is 0. The van der Waals surface area contributed by atoms with E-state index in [1.54, 1.807) is 0 Å². The van der Waals surface area contributed by atoms with Crippen molar-refractivity contribution in [3.05, 3.63) is 131 Å². The van der Waals surface area contributed by atoms with Crippen LogP contribution in [0.4, 0.5) is 11.4 Å². The maximum Gasteiger partial charge on any atom is 0.213 e. The van der Waals surface area contributed by atoms with Crippen LogP contribution in [0.1, 0.15) is 22.3 Å². The Hall–Kier alpha value is -4.49. The van der Waals surface area contributed by atoms with Crippen molar-refractivity contribution in [3.63, 3.8) is 0 Å². The Morgan fingerprint density at radius 2 is 0.983 bits per heavy atom. The highest BCUT2D eigenvalue weighted by Crippen LogP contribution is 2.34. The van der Waals surface area contributed by atoms with Crippen molar-refractivity contribution < 1.29 is 18.9 Å². The predicted molar refractivity (Wildman–Crippen MR) is 241 cm³/mol. The molecular formula is C46H64N6O4Si2. The van der Waals surface area contributed by atoms with Gasteiger partial charge >= 0.3 is 0 Å². The Bertz CT molecular complexity index is 1790. The first-order valence-electron chi connectivity index (χ1n) is 20.4. The van der Waals surface area contributed by atoms with Crippen LogP contribution in [0, 0.1) is 11.5 Å². The van der Waals surface area contributed by atoms with Gasteiger partial charge in [-0.25, -0.2) is 0 Å². The van der Waals surface area contributed by atoms with Crippen LogP contribution in [0.25, 0.3) is 0 Å². The number of guanidine groups is 1. The highest BCUT2D eigenvalue weighted by Gasteiger charge is 2.48. The van der Waals surface area contributed by atoms with Crippen molar-refractivity contribution in [1.82, 2.24) is 9.80 Å². The average molecular weight is 821 g/mol. The molecule has 4 N–H and O–H groups in total.